The van der Waals surface area contributed by atoms with Crippen LogP contribution < -0.4 is 4.74 Å². The molecule has 0 aliphatic heterocycles. The van der Waals surface area contributed by atoms with Crippen molar-refractivity contribution in [2.75, 3.05) is 6.61 Å². The molecule has 1 rings (SSSR count). The number of benzene rings is 1. The Morgan fingerprint density at radius 3 is 2.79 bits per heavy atom. The van der Waals surface area contributed by atoms with Gasteiger partial charge in [0.25, 0.3) is 5.69 Å². The van der Waals surface area contributed by atoms with Crippen molar-refractivity contribution in [1.82, 2.24) is 0 Å². The molecule has 0 fully saturated rings. The molecular weight excluding hydrogens is 257 g/mol. The van der Waals surface area contributed by atoms with Gasteiger partial charge in [-0.25, -0.2) is 4.39 Å². The summed E-state index contributed by atoms with van der Waals surface area (Å²) in [7, 11) is 0. The van der Waals surface area contributed by atoms with Gasteiger partial charge < -0.3 is 4.74 Å². The fourth-order valence-corrected chi connectivity index (χ4v) is 1.40. The van der Waals surface area contributed by atoms with Gasteiger partial charge in [-0.2, -0.15) is 0 Å². The average Bonchev–Trinajstić information content (AvgIpc) is 2.13. The molecule has 0 spiro atoms. The molecule has 0 aliphatic carbocycles. The van der Waals surface area contributed by atoms with Crippen LogP contribution in [-0.2, 0) is 0 Å². The number of hydrogen-bond acceptors (Lipinski definition) is 3. The maximum Gasteiger partial charge on any atom is 0.286 e. The molecule has 4 nitrogen and oxygen atoms in total. The van der Waals surface area contributed by atoms with E-state index in [0.29, 0.717) is 6.61 Å². The van der Waals surface area contributed by atoms with Crippen molar-refractivity contribution in [3.63, 3.8) is 0 Å². The molecule has 0 radical (unpaired) electrons. The summed E-state index contributed by atoms with van der Waals surface area (Å²) in [5.41, 5.74) is -0.314. The Morgan fingerprint density at radius 1 is 1.64 bits per heavy atom. The van der Waals surface area contributed by atoms with E-state index in [0.717, 1.165) is 0 Å². The number of nitro benzene ring substituents is 1. The molecule has 1 aromatic carbocycles. The molecule has 0 heterocycles. The van der Waals surface area contributed by atoms with Crippen LogP contribution in [0.3, 0.4) is 0 Å². The summed E-state index contributed by atoms with van der Waals surface area (Å²) in [5.74, 6) is -0.744. The van der Waals surface area contributed by atoms with Crippen molar-refractivity contribution >= 4 is 21.6 Å². The number of hydrogen-bond donors (Lipinski definition) is 0. The van der Waals surface area contributed by atoms with Crippen molar-refractivity contribution in [1.29, 1.82) is 0 Å². The Bertz CT molecular complexity index is 370. The summed E-state index contributed by atoms with van der Waals surface area (Å²) in [6, 6.07) is 2.43. The molecule has 76 valence electrons. The molecule has 1 aromatic rings. The lowest BCUT2D eigenvalue weighted by atomic mass is 10.3. The highest BCUT2D eigenvalue weighted by Gasteiger charge is 2.19. The van der Waals surface area contributed by atoms with Gasteiger partial charge in [-0.1, -0.05) is 0 Å². The van der Waals surface area contributed by atoms with Gasteiger partial charge in [-0.15, -0.1) is 0 Å². The van der Waals surface area contributed by atoms with E-state index in [9.17, 15) is 14.5 Å². The van der Waals surface area contributed by atoms with Gasteiger partial charge in [-0.05, 0) is 28.9 Å². The van der Waals surface area contributed by atoms with Gasteiger partial charge in [0.15, 0.2) is 11.6 Å². The van der Waals surface area contributed by atoms with Crippen molar-refractivity contribution in [3.05, 3.63) is 32.5 Å². The Balaban J connectivity index is 3.19. The van der Waals surface area contributed by atoms with Crippen LogP contribution in [0.2, 0.25) is 0 Å². The monoisotopic (exact) mass is 263 g/mol. The second kappa shape index (κ2) is 4.36. The van der Waals surface area contributed by atoms with Crippen LogP contribution >= 0.6 is 15.9 Å². The van der Waals surface area contributed by atoms with Crippen LogP contribution in [0.5, 0.6) is 5.75 Å². The second-order valence-electron chi connectivity index (χ2n) is 2.40. The van der Waals surface area contributed by atoms with Crippen LogP contribution in [-0.4, -0.2) is 11.5 Å². The van der Waals surface area contributed by atoms with Gasteiger partial charge in [0.05, 0.1) is 11.5 Å². The van der Waals surface area contributed by atoms with Crippen molar-refractivity contribution in [2.24, 2.45) is 0 Å². The van der Waals surface area contributed by atoms with E-state index in [2.05, 4.69) is 15.9 Å². The zero-order valence-electron chi connectivity index (χ0n) is 7.29. The van der Waals surface area contributed by atoms with Crippen LogP contribution in [0.1, 0.15) is 6.92 Å². The second-order valence-corrected chi connectivity index (χ2v) is 3.19. The molecule has 0 unspecified atom stereocenters. The summed E-state index contributed by atoms with van der Waals surface area (Å²) in [5, 5.41) is 10.4. The van der Waals surface area contributed by atoms with Gasteiger partial charge in [0, 0.05) is 6.07 Å². The number of rotatable bonds is 3. The third kappa shape index (κ3) is 2.01. The largest absolute Gasteiger partial charge is 0.491 e. The predicted molar refractivity (Wildman–Crippen MR) is 51.9 cm³/mol. The quantitative estimate of drug-likeness (QED) is 0.623. The Labute approximate surface area is 88.0 Å². The number of nitrogens with zero attached hydrogens (tertiary/aromatic N) is 1. The smallest absolute Gasteiger partial charge is 0.286 e. The number of halogens is 2. The number of nitro groups is 1. The van der Waals surface area contributed by atoms with Gasteiger partial charge in [0.2, 0.25) is 0 Å². The first kappa shape index (κ1) is 10.9. The van der Waals surface area contributed by atoms with Crippen molar-refractivity contribution < 1.29 is 14.1 Å². The highest BCUT2D eigenvalue weighted by atomic mass is 79.9. The van der Waals surface area contributed by atoms with Crippen LogP contribution in [0.15, 0.2) is 16.6 Å². The third-order valence-corrected chi connectivity index (χ3v) is 2.28. The fourth-order valence-electron chi connectivity index (χ4n) is 0.930. The molecule has 0 aromatic heterocycles. The summed E-state index contributed by atoms with van der Waals surface area (Å²) in [6.45, 7) is 2.01. The van der Waals surface area contributed by atoms with E-state index in [1.807, 2.05) is 0 Å². The minimum atomic E-state index is -0.749. The van der Waals surface area contributed by atoms with E-state index >= 15 is 0 Å². The number of ether oxygens (including phenoxy) is 1. The van der Waals surface area contributed by atoms with Crippen LogP contribution in [0.25, 0.3) is 0 Å². The molecular formula is C8H7BrFNO3. The van der Waals surface area contributed by atoms with E-state index in [1.165, 1.54) is 12.1 Å². The Morgan fingerprint density at radius 2 is 2.29 bits per heavy atom. The topological polar surface area (TPSA) is 52.4 Å². The average molecular weight is 264 g/mol. The molecule has 0 saturated heterocycles. The van der Waals surface area contributed by atoms with E-state index < -0.39 is 10.7 Å². The molecule has 0 saturated carbocycles. The van der Waals surface area contributed by atoms with Gasteiger partial charge in [-0.3, -0.25) is 10.1 Å². The molecule has 0 bridgehead atoms. The van der Waals surface area contributed by atoms with Gasteiger partial charge >= 0.3 is 0 Å². The summed E-state index contributed by atoms with van der Waals surface area (Å²) in [6.07, 6.45) is 0. The minimum Gasteiger partial charge on any atom is -0.491 e. The molecule has 0 N–H and O–H groups in total. The molecule has 0 amide bonds. The van der Waals surface area contributed by atoms with E-state index in [1.54, 1.807) is 6.92 Å². The highest BCUT2D eigenvalue weighted by Crippen LogP contribution is 2.33. The fraction of sp³-hybridized carbons (Fsp3) is 0.250. The summed E-state index contributed by atoms with van der Waals surface area (Å²) < 4.78 is 18.1. The zero-order valence-corrected chi connectivity index (χ0v) is 8.88. The minimum absolute atomic E-state index is 0.00461. The first-order valence-corrected chi connectivity index (χ1v) is 4.62. The summed E-state index contributed by atoms with van der Waals surface area (Å²) in [4.78, 5) is 9.75. The van der Waals surface area contributed by atoms with E-state index in [-0.39, 0.29) is 15.9 Å². The normalized spacial score (nSPS) is 9.93. The molecule has 0 atom stereocenters. The lowest BCUT2D eigenvalue weighted by Crippen LogP contribution is -1.97. The van der Waals surface area contributed by atoms with E-state index in [4.69, 9.17) is 4.74 Å². The van der Waals surface area contributed by atoms with Crippen LogP contribution in [0, 0.1) is 15.9 Å². The maximum atomic E-state index is 13.3. The zero-order chi connectivity index (χ0) is 10.7. The molecule has 6 heteroatoms. The lowest BCUT2D eigenvalue weighted by molar-refractivity contribution is -0.385. The van der Waals surface area contributed by atoms with Gasteiger partial charge in [0.1, 0.15) is 4.47 Å². The lowest BCUT2D eigenvalue weighted by Gasteiger charge is -2.05. The molecule has 14 heavy (non-hydrogen) atoms. The standard InChI is InChI=1S/C8H7BrFNO3/c1-2-14-6-4-3-5(11(12)13)7(9)8(6)10/h3-4H,2H2,1H3. The predicted octanol–water partition coefficient (Wildman–Crippen LogP) is 2.90. The van der Waals surface area contributed by atoms with Crippen molar-refractivity contribution in [2.45, 2.75) is 6.92 Å². The van der Waals surface area contributed by atoms with Crippen molar-refractivity contribution in [3.8, 4) is 5.75 Å². The SMILES string of the molecule is CCOc1ccc([N+](=O)[O-])c(Br)c1F. The Kier molecular flexibility index (Phi) is 3.40. The Hall–Kier alpha value is -1.17. The third-order valence-electron chi connectivity index (χ3n) is 1.52. The first-order valence-electron chi connectivity index (χ1n) is 3.83. The maximum absolute atomic E-state index is 13.3. The first-order chi connectivity index (χ1) is 6.57. The highest BCUT2D eigenvalue weighted by molar-refractivity contribution is 9.10. The molecule has 0 aliphatic rings. The van der Waals surface area contributed by atoms with Crippen LogP contribution in [0.4, 0.5) is 10.1 Å². The summed E-state index contributed by atoms with van der Waals surface area (Å²) >= 11 is 2.80.